The average molecular weight is 293 g/mol. The van der Waals surface area contributed by atoms with E-state index in [4.69, 9.17) is 17.3 Å². The van der Waals surface area contributed by atoms with Gasteiger partial charge in [0.1, 0.15) is 5.82 Å². The minimum Gasteiger partial charge on any atom is -0.399 e. The highest BCUT2D eigenvalue weighted by Crippen LogP contribution is 2.22. The number of hydrogen-bond donors (Lipinski definition) is 1. The first-order chi connectivity index (χ1) is 9.51. The fourth-order valence-corrected chi connectivity index (χ4v) is 2.22. The molecule has 2 aromatic rings. The second-order valence-corrected chi connectivity index (χ2v) is 4.74. The van der Waals surface area contributed by atoms with Gasteiger partial charge in [-0.25, -0.2) is 4.39 Å². The number of benzene rings is 2. The molecule has 2 aromatic carbocycles. The summed E-state index contributed by atoms with van der Waals surface area (Å²) in [6.45, 7) is 2.23. The van der Waals surface area contributed by atoms with Crippen LogP contribution in [0.4, 0.5) is 15.8 Å². The molecule has 0 unspecified atom stereocenters. The van der Waals surface area contributed by atoms with Gasteiger partial charge in [0, 0.05) is 28.5 Å². The molecule has 0 aliphatic carbocycles. The first kappa shape index (κ1) is 14.3. The second-order valence-electron chi connectivity index (χ2n) is 4.30. The van der Waals surface area contributed by atoms with Crippen molar-refractivity contribution in [2.75, 3.05) is 17.2 Å². The van der Waals surface area contributed by atoms with E-state index < -0.39 is 0 Å². The van der Waals surface area contributed by atoms with Crippen LogP contribution >= 0.6 is 11.6 Å². The van der Waals surface area contributed by atoms with Gasteiger partial charge in [0.2, 0.25) is 0 Å². The van der Waals surface area contributed by atoms with Crippen LogP contribution in [0.5, 0.6) is 0 Å². The van der Waals surface area contributed by atoms with Crippen molar-refractivity contribution in [3.8, 4) is 0 Å². The van der Waals surface area contributed by atoms with Crippen LogP contribution in [0, 0.1) is 5.82 Å². The van der Waals surface area contributed by atoms with Gasteiger partial charge in [-0.15, -0.1) is 0 Å². The largest absolute Gasteiger partial charge is 0.399 e. The molecule has 5 heteroatoms. The number of halogens is 2. The number of carbonyl (C=O) groups excluding carboxylic acids is 1. The molecule has 3 nitrogen and oxygen atoms in total. The third-order valence-electron chi connectivity index (χ3n) is 2.85. The summed E-state index contributed by atoms with van der Waals surface area (Å²) in [4.78, 5) is 13.9. The zero-order valence-corrected chi connectivity index (χ0v) is 11.7. The topological polar surface area (TPSA) is 46.3 Å². The Kier molecular flexibility index (Phi) is 4.25. The standard InChI is InChI=1S/C15H14ClFN2O/c1-2-19(14-5-3-4-12(17)9-14)15(20)10-6-11(16)8-13(18)7-10/h3-9H,2,18H2,1H3. The van der Waals surface area contributed by atoms with Crippen LogP contribution in [0.3, 0.4) is 0 Å². The van der Waals surface area contributed by atoms with Gasteiger partial charge in [-0.2, -0.15) is 0 Å². The number of rotatable bonds is 3. The fraction of sp³-hybridized carbons (Fsp3) is 0.133. The van der Waals surface area contributed by atoms with Gasteiger partial charge < -0.3 is 10.6 Å². The number of amides is 1. The van der Waals surface area contributed by atoms with Crippen molar-refractivity contribution < 1.29 is 9.18 Å². The second kappa shape index (κ2) is 5.92. The number of nitrogen functional groups attached to an aromatic ring is 1. The molecular formula is C15H14ClFN2O. The van der Waals surface area contributed by atoms with Gasteiger partial charge in [0.25, 0.3) is 5.91 Å². The van der Waals surface area contributed by atoms with Crippen molar-refractivity contribution in [1.29, 1.82) is 0 Å². The van der Waals surface area contributed by atoms with E-state index in [0.29, 0.717) is 28.5 Å². The molecule has 0 aliphatic rings. The molecule has 2 N–H and O–H groups in total. The van der Waals surface area contributed by atoms with E-state index in [1.165, 1.54) is 17.0 Å². The Bertz CT molecular complexity index is 625. The minimum absolute atomic E-state index is 0.271. The van der Waals surface area contributed by atoms with Gasteiger partial charge >= 0.3 is 0 Å². The zero-order chi connectivity index (χ0) is 14.7. The van der Waals surface area contributed by atoms with Gasteiger partial charge in [-0.3, -0.25) is 4.79 Å². The van der Waals surface area contributed by atoms with Crippen LogP contribution in [0.25, 0.3) is 0 Å². The highest BCUT2D eigenvalue weighted by atomic mass is 35.5. The number of nitrogens with two attached hydrogens (primary N) is 1. The van der Waals surface area contributed by atoms with E-state index in [1.54, 1.807) is 30.3 Å². The minimum atomic E-state index is -0.389. The van der Waals surface area contributed by atoms with Gasteiger partial charge in [0.15, 0.2) is 0 Å². The Morgan fingerprint density at radius 2 is 2.05 bits per heavy atom. The smallest absolute Gasteiger partial charge is 0.258 e. The Morgan fingerprint density at radius 3 is 2.65 bits per heavy atom. The molecule has 2 rings (SSSR count). The van der Waals surface area contributed by atoms with Gasteiger partial charge in [-0.05, 0) is 43.3 Å². The summed E-state index contributed by atoms with van der Waals surface area (Å²) in [5.41, 5.74) is 6.97. The predicted octanol–water partition coefficient (Wildman–Crippen LogP) is 3.73. The van der Waals surface area contributed by atoms with Crippen LogP contribution in [-0.4, -0.2) is 12.5 Å². The Labute approximate surface area is 121 Å². The molecule has 104 valence electrons. The lowest BCUT2D eigenvalue weighted by Crippen LogP contribution is -2.30. The first-order valence-corrected chi connectivity index (χ1v) is 6.52. The first-order valence-electron chi connectivity index (χ1n) is 6.14. The molecule has 0 saturated heterocycles. The summed E-state index contributed by atoms with van der Waals surface area (Å²) in [7, 11) is 0. The maximum absolute atomic E-state index is 13.3. The highest BCUT2D eigenvalue weighted by Gasteiger charge is 2.17. The highest BCUT2D eigenvalue weighted by molar-refractivity contribution is 6.31. The van der Waals surface area contributed by atoms with Crippen LogP contribution in [0.15, 0.2) is 42.5 Å². The van der Waals surface area contributed by atoms with Crippen LogP contribution in [0.2, 0.25) is 5.02 Å². The summed E-state index contributed by atoms with van der Waals surface area (Å²) in [5, 5.41) is 0.392. The van der Waals surface area contributed by atoms with Crippen molar-refractivity contribution in [3.05, 3.63) is 58.9 Å². The quantitative estimate of drug-likeness (QED) is 0.876. The van der Waals surface area contributed by atoms with Crippen molar-refractivity contribution in [3.63, 3.8) is 0 Å². The van der Waals surface area contributed by atoms with E-state index >= 15 is 0 Å². The van der Waals surface area contributed by atoms with Crippen LogP contribution in [0.1, 0.15) is 17.3 Å². The zero-order valence-electron chi connectivity index (χ0n) is 10.9. The summed E-state index contributed by atoms with van der Waals surface area (Å²) in [6, 6.07) is 10.6. The molecule has 20 heavy (non-hydrogen) atoms. The number of nitrogens with zero attached hydrogens (tertiary/aromatic N) is 1. The molecule has 0 fully saturated rings. The van der Waals surface area contributed by atoms with Gasteiger partial charge in [0.05, 0.1) is 0 Å². The van der Waals surface area contributed by atoms with Crippen LogP contribution < -0.4 is 10.6 Å². The average Bonchev–Trinajstić information content (AvgIpc) is 2.38. The maximum Gasteiger partial charge on any atom is 0.258 e. The summed E-state index contributed by atoms with van der Waals surface area (Å²) >= 11 is 5.90. The number of carbonyl (C=O) groups is 1. The number of anilines is 2. The molecule has 0 aliphatic heterocycles. The van der Waals surface area contributed by atoms with Crippen molar-refractivity contribution in [2.24, 2.45) is 0 Å². The third kappa shape index (κ3) is 3.08. The Morgan fingerprint density at radius 1 is 1.30 bits per heavy atom. The molecule has 0 atom stereocenters. The Hall–Kier alpha value is -2.07. The molecule has 0 heterocycles. The monoisotopic (exact) mass is 292 g/mol. The third-order valence-corrected chi connectivity index (χ3v) is 3.07. The van der Waals surface area contributed by atoms with E-state index in [-0.39, 0.29) is 11.7 Å². The van der Waals surface area contributed by atoms with E-state index in [2.05, 4.69) is 0 Å². The molecule has 0 aromatic heterocycles. The number of hydrogen-bond acceptors (Lipinski definition) is 2. The van der Waals surface area contributed by atoms with Gasteiger partial charge in [-0.1, -0.05) is 17.7 Å². The summed E-state index contributed by atoms with van der Waals surface area (Å²) in [5.74, 6) is -0.661. The van der Waals surface area contributed by atoms with Crippen LogP contribution in [-0.2, 0) is 0 Å². The summed E-state index contributed by atoms with van der Waals surface area (Å²) < 4.78 is 13.3. The van der Waals surface area contributed by atoms with E-state index in [1.807, 2.05) is 6.92 Å². The van der Waals surface area contributed by atoms with Crippen molar-refractivity contribution >= 4 is 28.9 Å². The molecular weight excluding hydrogens is 279 g/mol. The van der Waals surface area contributed by atoms with Crippen molar-refractivity contribution in [2.45, 2.75) is 6.92 Å². The fourth-order valence-electron chi connectivity index (χ4n) is 1.98. The molecule has 0 spiro atoms. The Balaban J connectivity index is 2.38. The normalized spacial score (nSPS) is 10.3. The lowest BCUT2D eigenvalue weighted by molar-refractivity contribution is 0.0988. The SMILES string of the molecule is CCN(C(=O)c1cc(N)cc(Cl)c1)c1cccc(F)c1. The maximum atomic E-state index is 13.3. The van der Waals surface area contributed by atoms with E-state index in [9.17, 15) is 9.18 Å². The van der Waals surface area contributed by atoms with E-state index in [0.717, 1.165) is 0 Å². The van der Waals surface area contributed by atoms with Crippen molar-refractivity contribution in [1.82, 2.24) is 0 Å². The molecule has 0 bridgehead atoms. The molecule has 0 saturated carbocycles. The lowest BCUT2D eigenvalue weighted by Gasteiger charge is -2.21. The molecule has 0 radical (unpaired) electrons. The summed E-state index contributed by atoms with van der Waals surface area (Å²) in [6.07, 6.45) is 0. The lowest BCUT2D eigenvalue weighted by atomic mass is 10.1. The molecule has 1 amide bonds. The predicted molar refractivity (Wildman–Crippen MR) is 79.6 cm³/mol.